The van der Waals surface area contributed by atoms with Crippen molar-refractivity contribution in [3.8, 4) is 17.2 Å². The average Bonchev–Trinajstić information content (AvgIpc) is 3.18. The van der Waals surface area contributed by atoms with Crippen LogP contribution in [0.5, 0.6) is 17.2 Å². The SMILES string of the molecule is Cc1cc(C)c(N2COc3ccc(C(C)(c4ccc5c(c4)CN(c4c(C)cc(C)cc4C)CO5)c4ccc5c(c4)CN(c4c(C)cc(C)cc4C)CO5)cc3C2)c(C)c1. The zero-order valence-corrected chi connectivity index (χ0v) is 36.5. The van der Waals surface area contributed by atoms with E-state index in [9.17, 15) is 0 Å². The fourth-order valence-electron chi connectivity index (χ4n) is 10.6. The lowest BCUT2D eigenvalue weighted by Gasteiger charge is -2.38. The van der Waals surface area contributed by atoms with Crippen LogP contribution in [0.3, 0.4) is 0 Å². The Labute approximate surface area is 351 Å². The summed E-state index contributed by atoms with van der Waals surface area (Å²) >= 11 is 0. The Morgan fingerprint density at radius 1 is 0.373 bits per heavy atom. The normalized spacial score (nSPS) is 14.8. The van der Waals surface area contributed by atoms with Gasteiger partial charge in [-0.1, -0.05) is 71.3 Å². The molecule has 0 aliphatic carbocycles. The number of rotatable bonds is 6. The zero-order valence-electron chi connectivity index (χ0n) is 36.5. The van der Waals surface area contributed by atoms with Crippen molar-refractivity contribution in [2.24, 2.45) is 0 Å². The van der Waals surface area contributed by atoms with Crippen LogP contribution in [0.1, 0.15) is 90.4 Å². The van der Waals surface area contributed by atoms with E-state index in [0.717, 1.165) is 36.9 Å². The van der Waals surface area contributed by atoms with Crippen LogP contribution in [-0.2, 0) is 25.0 Å². The molecule has 0 bridgehead atoms. The predicted octanol–water partition coefficient (Wildman–Crippen LogP) is 11.9. The molecule has 0 unspecified atom stereocenters. The van der Waals surface area contributed by atoms with E-state index in [-0.39, 0.29) is 0 Å². The first-order valence-electron chi connectivity index (χ1n) is 21.0. The van der Waals surface area contributed by atoms with Gasteiger partial charge in [0.15, 0.2) is 20.2 Å². The number of nitrogens with zero attached hydrogens (tertiary/aromatic N) is 3. The summed E-state index contributed by atoms with van der Waals surface area (Å²) in [5.41, 5.74) is 22.0. The molecule has 0 saturated carbocycles. The summed E-state index contributed by atoms with van der Waals surface area (Å²) in [4.78, 5) is 7.15. The number of hydrogen-bond acceptors (Lipinski definition) is 6. The summed E-state index contributed by atoms with van der Waals surface area (Å²) in [6.07, 6.45) is 0. The molecule has 0 N–H and O–H groups in total. The van der Waals surface area contributed by atoms with Crippen molar-refractivity contribution in [2.45, 2.75) is 94.3 Å². The highest BCUT2D eigenvalue weighted by Crippen LogP contribution is 2.46. The quantitative estimate of drug-likeness (QED) is 0.157. The molecule has 6 aromatic rings. The first kappa shape index (κ1) is 38.6. The van der Waals surface area contributed by atoms with Gasteiger partial charge in [-0.3, -0.25) is 0 Å². The van der Waals surface area contributed by atoms with E-state index >= 15 is 0 Å². The second kappa shape index (κ2) is 14.7. The van der Waals surface area contributed by atoms with E-state index < -0.39 is 5.41 Å². The number of ether oxygens (including phenoxy) is 3. The largest absolute Gasteiger partial charge is 0.473 e. The van der Waals surface area contributed by atoms with Crippen LogP contribution in [0.4, 0.5) is 17.1 Å². The molecule has 0 amide bonds. The fourth-order valence-corrected chi connectivity index (χ4v) is 10.6. The summed E-state index contributed by atoms with van der Waals surface area (Å²) in [7, 11) is 0. The smallest absolute Gasteiger partial charge is 0.161 e. The average molecular weight is 784 g/mol. The highest BCUT2D eigenvalue weighted by atomic mass is 16.5. The minimum Gasteiger partial charge on any atom is -0.473 e. The summed E-state index contributed by atoms with van der Waals surface area (Å²) in [6.45, 7) is 26.1. The van der Waals surface area contributed by atoms with Gasteiger partial charge in [0, 0.05) is 58.8 Å². The van der Waals surface area contributed by atoms with Crippen LogP contribution >= 0.6 is 0 Å². The molecule has 3 heterocycles. The van der Waals surface area contributed by atoms with E-state index in [1.54, 1.807) is 0 Å². The molecular weight excluding hydrogens is 727 g/mol. The molecule has 6 aromatic carbocycles. The number of anilines is 3. The van der Waals surface area contributed by atoms with Gasteiger partial charge in [0.2, 0.25) is 0 Å². The molecule has 0 saturated heterocycles. The standard InChI is InChI=1S/C53H57N3O3/c1-32-17-35(4)50(36(5)18-32)54-26-41-23-44(11-14-47(41)57-29-54)53(10,45-12-15-48-42(24-45)27-55(30-58-48)51-37(6)19-33(2)20-38(51)7)46-13-16-49-43(25-46)28-56(31-59-49)52-39(8)21-34(3)22-40(52)9/h11-25H,26-31H2,1-10H3. The minimum atomic E-state index is -0.521. The van der Waals surface area contributed by atoms with E-state index in [1.165, 1.54) is 101 Å². The summed E-state index contributed by atoms with van der Waals surface area (Å²) in [5.74, 6) is 2.85. The van der Waals surface area contributed by atoms with Crippen molar-refractivity contribution in [3.05, 3.63) is 174 Å². The third kappa shape index (κ3) is 6.86. The Bertz CT molecular complexity index is 2290. The second-order valence-electron chi connectivity index (χ2n) is 17.7. The van der Waals surface area contributed by atoms with Crippen LogP contribution in [-0.4, -0.2) is 20.2 Å². The van der Waals surface area contributed by atoms with Gasteiger partial charge in [-0.25, -0.2) is 0 Å². The number of fused-ring (bicyclic) bond motifs is 3. The molecule has 6 nitrogen and oxygen atoms in total. The van der Waals surface area contributed by atoms with E-state index in [4.69, 9.17) is 14.2 Å². The Balaban J connectivity index is 1.15. The molecule has 0 spiro atoms. The van der Waals surface area contributed by atoms with Gasteiger partial charge >= 0.3 is 0 Å². The van der Waals surface area contributed by atoms with Gasteiger partial charge in [0.05, 0.1) is 0 Å². The molecule has 3 aliphatic heterocycles. The molecule has 3 aliphatic rings. The van der Waals surface area contributed by atoms with Gasteiger partial charge < -0.3 is 28.9 Å². The highest BCUT2D eigenvalue weighted by molar-refractivity contribution is 5.66. The molecule has 0 aromatic heterocycles. The Morgan fingerprint density at radius 3 is 0.881 bits per heavy atom. The van der Waals surface area contributed by atoms with Crippen molar-refractivity contribution in [2.75, 3.05) is 34.9 Å². The van der Waals surface area contributed by atoms with Gasteiger partial charge in [0.25, 0.3) is 0 Å². The van der Waals surface area contributed by atoms with Gasteiger partial charge in [-0.15, -0.1) is 0 Å². The van der Waals surface area contributed by atoms with Gasteiger partial charge in [0.1, 0.15) is 17.2 Å². The van der Waals surface area contributed by atoms with Gasteiger partial charge in [-0.2, -0.15) is 0 Å². The lowest BCUT2D eigenvalue weighted by Crippen LogP contribution is -2.35. The lowest BCUT2D eigenvalue weighted by atomic mass is 9.70. The summed E-state index contributed by atoms with van der Waals surface area (Å²) in [6, 6.07) is 34.2. The maximum absolute atomic E-state index is 6.50. The van der Waals surface area contributed by atoms with Crippen LogP contribution in [0.25, 0.3) is 0 Å². The number of hydrogen-bond donors (Lipinski definition) is 0. The van der Waals surface area contributed by atoms with Crippen molar-refractivity contribution >= 4 is 17.1 Å². The Kier molecular flexibility index (Phi) is 9.65. The van der Waals surface area contributed by atoms with E-state index in [1.807, 2.05) is 0 Å². The lowest BCUT2D eigenvalue weighted by molar-refractivity contribution is 0.288. The van der Waals surface area contributed by atoms with Crippen LogP contribution < -0.4 is 28.9 Å². The van der Waals surface area contributed by atoms with Crippen LogP contribution in [0.2, 0.25) is 0 Å². The first-order chi connectivity index (χ1) is 28.3. The van der Waals surface area contributed by atoms with Crippen LogP contribution in [0.15, 0.2) is 91.0 Å². The topological polar surface area (TPSA) is 37.4 Å². The first-order valence-corrected chi connectivity index (χ1v) is 21.0. The van der Waals surface area contributed by atoms with Crippen molar-refractivity contribution < 1.29 is 14.2 Å². The van der Waals surface area contributed by atoms with E-state index in [0.29, 0.717) is 20.2 Å². The monoisotopic (exact) mass is 783 g/mol. The Morgan fingerprint density at radius 2 is 0.627 bits per heavy atom. The highest BCUT2D eigenvalue weighted by Gasteiger charge is 2.36. The third-order valence-corrected chi connectivity index (χ3v) is 13.0. The molecule has 9 rings (SSSR count). The molecule has 302 valence electrons. The minimum absolute atomic E-state index is 0.521. The summed E-state index contributed by atoms with van der Waals surface area (Å²) in [5, 5.41) is 0. The third-order valence-electron chi connectivity index (χ3n) is 13.0. The maximum Gasteiger partial charge on any atom is 0.161 e. The second-order valence-corrected chi connectivity index (χ2v) is 17.7. The molecule has 59 heavy (non-hydrogen) atoms. The molecule has 0 radical (unpaired) electrons. The zero-order chi connectivity index (χ0) is 41.3. The molecule has 0 atom stereocenters. The molecule has 0 fully saturated rings. The summed E-state index contributed by atoms with van der Waals surface area (Å²) < 4.78 is 19.5. The fraction of sp³-hybridized carbons (Fsp3) is 0.321. The predicted molar refractivity (Wildman–Crippen MR) is 242 cm³/mol. The van der Waals surface area contributed by atoms with Crippen molar-refractivity contribution in [1.82, 2.24) is 0 Å². The number of benzene rings is 6. The van der Waals surface area contributed by atoms with Crippen molar-refractivity contribution in [1.29, 1.82) is 0 Å². The molecular formula is C53H57N3O3. The van der Waals surface area contributed by atoms with E-state index in [2.05, 4.69) is 175 Å². The number of aryl methyl sites for hydroxylation is 9. The molecule has 6 heteroatoms. The van der Waals surface area contributed by atoms with Crippen LogP contribution in [0, 0.1) is 62.3 Å². The van der Waals surface area contributed by atoms with Crippen molar-refractivity contribution in [3.63, 3.8) is 0 Å². The maximum atomic E-state index is 6.50. The Hall–Kier alpha value is -5.88. The van der Waals surface area contributed by atoms with Gasteiger partial charge in [-0.05, 0) is 156 Å².